The number of benzene rings is 1. The van der Waals surface area contributed by atoms with E-state index in [0.29, 0.717) is 5.56 Å². The molecule has 4 nitrogen and oxygen atoms in total. The Labute approximate surface area is 122 Å². The van der Waals surface area contributed by atoms with Gasteiger partial charge in [-0.1, -0.05) is 36.4 Å². The summed E-state index contributed by atoms with van der Waals surface area (Å²) in [4.78, 5) is 12.5. The molecular formula is C17H12N3O+. The molecule has 0 saturated heterocycles. The van der Waals surface area contributed by atoms with Gasteiger partial charge in [0.2, 0.25) is 0 Å². The topological polar surface area (TPSA) is 68.5 Å². The first kappa shape index (κ1) is 14.2. The van der Waals surface area contributed by atoms with E-state index in [9.17, 15) is 4.79 Å². The molecule has 0 N–H and O–H groups in total. The second-order valence-corrected chi connectivity index (χ2v) is 4.32. The molecule has 1 aromatic heterocycles. The van der Waals surface area contributed by atoms with E-state index < -0.39 is 0 Å². The van der Waals surface area contributed by atoms with E-state index in [4.69, 9.17) is 10.5 Å². The van der Waals surface area contributed by atoms with Gasteiger partial charge in [-0.15, -0.1) is 0 Å². The monoisotopic (exact) mass is 274 g/mol. The smallest absolute Gasteiger partial charge is 0.197 e. The molecule has 0 amide bonds. The van der Waals surface area contributed by atoms with Gasteiger partial charge >= 0.3 is 0 Å². The van der Waals surface area contributed by atoms with Crippen LogP contribution in [0.5, 0.6) is 0 Å². The summed E-state index contributed by atoms with van der Waals surface area (Å²) in [6, 6.07) is 17.8. The number of hydrogen-bond donors (Lipinski definition) is 0. The van der Waals surface area contributed by atoms with Gasteiger partial charge in [0.25, 0.3) is 0 Å². The molecular weight excluding hydrogens is 262 g/mol. The maximum atomic E-state index is 12.5. The van der Waals surface area contributed by atoms with E-state index in [1.807, 2.05) is 36.4 Å². The predicted molar refractivity (Wildman–Crippen MR) is 75.7 cm³/mol. The Hall–Kier alpha value is -3.24. The molecule has 0 aliphatic carbocycles. The standard InChI is InChI=1S/C17H12N3O/c18-11-15(12-19)16(13-20-9-5-2-6-10-20)17(21)14-7-3-1-4-8-14/h1-10H,13H2/q+1. The summed E-state index contributed by atoms with van der Waals surface area (Å²) in [6.07, 6.45) is 3.56. The number of ketones is 1. The molecule has 0 aliphatic rings. The summed E-state index contributed by atoms with van der Waals surface area (Å²) >= 11 is 0. The van der Waals surface area contributed by atoms with Gasteiger partial charge in [-0.25, -0.2) is 4.57 Å². The molecule has 1 heterocycles. The zero-order valence-corrected chi connectivity index (χ0v) is 11.2. The quantitative estimate of drug-likeness (QED) is 0.371. The molecule has 0 spiro atoms. The Morgan fingerprint density at radius 3 is 2.10 bits per heavy atom. The van der Waals surface area contributed by atoms with Gasteiger partial charge < -0.3 is 0 Å². The van der Waals surface area contributed by atoms with Crippen molar-refractivity contribution in [3.8, 4) is 12.1 Å². The van der Waals surface area contributed by atoms with Gasteiger partial charge in [0, 0.05) is 17.7 Å². The van der Waals surface area contributed by atoms with Crippen molar-refractivity contribution in [1.29, 1.82) is 10.5 Å². The first-order chi connectivity index (χ1) is 10.3. The Morgan fingerprint density at radius 1 is 0.952 bits per heavy atom. The lowest BCUT2D eigenvalue weighted by Crippen LogP contribution is -2.35. The number of hydrogen-bond acceptors (Lipinski definition) is 3. The zero-order chi connectivity index (χ0) is 15.1. The van der Waals surface area contributed by atoms with Crippen LogP contribution in [0.2, 0.25) is 0 Å². The second kappa shape index (κ2) is 6.79. The van der Waals surface area contributed by atoms with E-state index in [1.54, 1.807) is 41.2 Å². The van der Waals surface area contributed by atoms with Gasteiger partial charge in [0.15, 0.2) is 24.7 Å². The first-order valence-corrected chi connectivity index (χ1v) is 6.33. The fourth-order valence-electron chi connectivity index (χ4n) is 1.91. The Morgan fingerprint density at radius 2 is 1.52 bits per heavy atom. The Kier molecular flexibility index (Phi) is 4.58. The zero-order valence-electron chi connectivity index (χ0n) is 11.2. The average Bonchev–Trinajstić information content (AvgIpc) is 2.56. The maximum Gasteiger partial charge on any atom is 0.197 e. The summed E-state index contributed by atoms with van der Waals surface area (Å²) in [5.41, 5.74) is 0.509. The highest BCUT2D eigenvalue weighted by Gasteiger charge is 2.21. The van der Waals surface area contributed by atoms with Gasteiger partial charge in [0.1, 0.15) is 17.7 Å². The second-order valence-electron chi connectivity index (χ2n) is 4.32. The predicted octanol–water partition coefficient (Wildman–Crippen LogP) is 2.20. The number of aromatic nitrogens is 1. The molecule has 0 fully saturated rings. The third kappa shape index (κ3) is 3.40. The molecule has 4 heteroatoms. The van der Waals surface area contributed by atoms with Crippen LogP contribution in [0.3, 0.4) is 0 Å². The first-order valence-electron chi connectivity index (χ1n) is 6.33. The summed E-state index contributed by atoms with van der Waals surface area (Å²) in [6.45, 7) is 0.186. The van der Waals surface area contributed by atoms with E-state index in [1.165, 1.54) is 0 Å². The summed E-state index contributed by atoms with van der Waals surface area (Å²) in [5, 5.41) is 18.2. The van der Waals surface area contributed by atoms with E-state index in [0.717, 1.165) is 0 Å². The minimum Gasteiger partial charge on any atom is -0.289 e. The molecule has 100 valence electrons. The van der Waals surface area contributed by atoms with Crippen molar-refractivity contribution in [3.05, 3.63) is 77.6 Å². The van der Waals surface area contributed by atoms with Crippen molar-refractivity contribution in [2.75, 3.05) is 0 Å². The normalized spacial score (nSPS) is 9.24. The van der Waals surface area contributed by atoms with Crippen LogP contribution < -0.4 is 4.57 Å². The number of nitrogens with zero attached hydrogens (tertiary/aromatic N) is 3. The molecule has 0 radical (unpaired) electrons. The average molecular weight is 274 g/mol. The molecule has 0 unspecified atom stereocenters. The third-order valence-electron chi connectivity index (χ3n) is 2.95. The lowest BCUT2D eigenvalue weighted by Gasteiger charge is -2.04. The maximum absolute atomic E-state index is 12.5. The molecule has 0 atom stereocenters. The molecule has 1 aromatic carbocycles. The summed E-state index contributed by atoms with van der Waals surface area (Å²) < 4.78 is 1.75. The fraction of sp³-hybridized carbons (Fsp3) is 0.0588. The number of carbonyl (C=O) groups is 1. The largest absolute Gasteiger partial charge is 0.289 e. The van der Waals surface area contributed by atoms with E-state index >= 15 is 0 Å². The van der Waals surface area contributed by atoms with Crippen LogP contribution in [0.15, 0.2) is 72.1 Å². The highest BCUT2D eigenvalue weighted by Crippen LogP contribution is 2.12. The number of nitriles is 2. The molecule has 2 rings (SSSR count). The number of pyridine rings is 1. The highest BCUT2D eigenvalue weighted by molar-refractivity contribution is 6.09. The van der Waals surface area contributed by atoms with Gasteiger partial charge in [-0.05, 0) is 0 Å². The van der Waals surface area contributed by atoms with Gasteiger partial charge in [0.05, 0.1) is 5.57 Å². The lowest BCUT2D eigenvalue weighted by molar-refractivity contribution is -0.688. The number of allylic oxidation sites excluding steroid dienone is 2. The van der Waals surface area contributed by atoms with Crippen molar-refractivity contribution in [2.45, 2.75) is 6.54 Å². The van der Waals surface area contributed by atoms with Gasteiger partial charge in [-0.3, -0.25) is 4.79 Å². The van der Waals surface area contributed by atoms with Crippen molar-refractivity contribution in [3.63, 3.8) is 0 Å². The van der Waals surface area contributed by atoms with Crippen LogP contribution in [0.1, 0.15) is 10.4 Å². The molecule has 21 heavy (non-hydrogen) atoms. The number of rotatable bonds is 4. The summed E-state index contributed by atoms with van der Waals surface area (Å²) in [5.74, 6) is -0.301. The SMILES string of the molecule is N#CC(C#N)=C(C[n+]1ccccc1)C(=O)c1ccccc1. The summed E-state index contributed by atoms with van der Waals surface area (Å²) in [7, 11) is 0. The lowest BCUT2D eigenvalue weighted by atomic mass is 9.99. The van der Waals surface area contributed by atoms with Crippen LogP contribution in [0.4, 0.5) is 0 Å². The Balaban J connectivity index is 2.44. The minimum atomic E-state index is -0.301. The fourth-order valence-corrected chi connectivity index (χ4v) is 1.91. The van der Waals surface area contributed by atoms with Crippen LogP contribution in [-0.4, -0.2) is 5.78 Å². The Bertz CT molecular complexity index is 734. The van der Waals surface area contributed by atoms with E-state index in [-0.39, 0.29) is 23.5 Å². The van der Waals surface area contributed by atoms with Crippen LogP contribution in [0, 0.1) is 22.7 Å². The van der Waals surface area contributed by atoms with Crippen molar-refractivity contribution >= 4 is 5.78 Å². The van der Waals surface area contributed by atoms with Crippen molar-refractivity contribution < 1.29 is 9.36 Å². The van der Waals surface area contributed by atoms with Crippen LogP contribution >= 0.6 is 0 Å². The number of carbonyl (C=O) groups excluding carboxylic acids is 1. The number of Topliss-reactive ketones (excluding diaryl/α,β-unsaturated/α-hetero) is 1. The van der Waals surface area contributed by atoms with Gasteiger partial charge in [-0.2, -0.15) is 10.5 Å². The third-order valence-corrected chi connectivity index (χ3v) is 2.95. The van der Waals surface area contributed by atoms with Crippen molar-refractivity contribution in [1.82, 2.24) is 0 Å². The van der Waals surface area contributed by atoms with Crippen LogP contribution in [-0.2, 0) is 6.54 Å². The molecule has 0 bridgehead atoms. The highest BCUT2D eigenvalue weighted by atomic mass is 16.1. The molecule has 2 aromatic rings. The molecule has 0 saturated carbocycles. The molecule has 0 aliphatic heterocycles. The van der Waals surface area contributed by atoms with E-state index in [2.05, 4.69) is 0 Å². The van der Waals surface area contributed by atoms with Crippen molar-refractivity contribution in [2.24, 2.45) is 0 Å². The minimum absolute atomic E-state index is 0.153. The van der Waals surface area contributed by atoms with Crippen LogP contribution in [0.25, 0.3) is 0 Å².